The summed E-state index contributed by atoms with van der Waals surface area (Å²) in [6.45, 7) is 3.71. The summed E-state index contributed by atoms with van der Waals surface area (Å²) in [6.07, 6.45) is 1.96. The van der Waals surface area contributed by atoms with Crippen LogP contribution in [0.15, 0.2) is 66.9 Å². The van der Waals surface area contributed by atoms with Gasteiger partial charge in [-0.05, 0) is 55.8 Å². The number of urea groups is 1. The summed E-state index contributed by atoms with van der Waals surface area (Å²) in [5.74, 6) is -0.538. The summed E-state index contributed by atoms with van der Waals surface area (Å²) in [5, 5.41) is 0. The van der Waals surface area contributed by atoms with Gasteiger partial charge in [-0.15, -0.1) is 0 Å². The van der Waals surface area contributed by atoms with E-state index in [4.69, 9.17) is 0 Å². The highest BCUT2D eigenvalue weighted by molar-refractivity contribution is 6.00. The van der Waals surface area contributed by atoms with Crippen molar-refractivity contribution >= 4 is 17.6 Å². The van der Waals surface area contributed by atoms with Crippen molar-refractivity contribution in [2.45, 2.75) is 25.9 Å². The minimum Gasteiger partial charge on any atom is -0.331 e. The van der Waals surface area contributed by atoms with Crippen LogP contribution in [0.1, 0.15) is 31.1 Å². The molecule has 2 heterocycles. The van der Waals surface area contributed by atoms with Crippen molar-refractivity contribution in [3.63, 3.8) is 0 Å². The van der Waals surface area contributed by atoms with E-state index in [1.807, 2.05) is 56.4 Å². The molecular weight excluding hydrogens is 407 g/mol. The van der Waals surface area contributed by atoms with E-state index < -0.39 is 6.04 Å². The molecular formula is C25H27FN4O2. The van der Waals surface area contributed by atoms with Crippen LogP contribution in [0.3, 0.4) is 0 Å². The topological polar surface area (TPSA) is 48.8 Å². The Morgan fingerprint density at radius 2 is 1.62 bits per heavy atom. The first-order chi connectivity index (χ1) is 15.3. The zero-order chi connectivity index (χ0) is 23.0. The maximum absolute atomic E-state index is 13.8. The molecule has 6 nitrogen and oxygen atoms in total. The number of amides is 3. The molecule has 0 saturated heterocycles. The molecule has 1 aromatic heterocycles. The van der Waals surface area contributed by atoms with Gasteiger partial charge in [0.05, 0.1) is 17.1 Å². The third-order valence-electron chi connectivity index (χ3n) is 5.73. The van der Waals surface area contributed by atoms with Crippen LogP contribution in [0, 0.1) is 5.82 Å². The fraction of sp³-hybridized carbons (Fsp3) is 0.280. The van der Waals surface area contributed by atoms with Gasteiger partial charge < -0.3 is 14.4 Å². The number of carbonyl (C=O) groups is 2. The summed E-state index contributed by atoms with van der Waals surface area (Å²) >= 11 is 0. The van der Waals surface area contributed by atoms with Crippen molar-refractivity contribution in [2.24, 2.45) is 0 Å². The molecule has 0 bridgehead atoms. The molecule has 1 atom stereocenters. The first-order valence-corrected chi connectivity index (χ1v) is 10.6. The Morgan fingerprint density at radius 1 is 0.969 bits per heavy atom. The maximum Gasteiger partial charge on any atom is 0.320 e. The van der Waals surface area contributed by atoms with E-state index >= 15 is 0 Å². The van der Waals surface area contributed by atoms with Gasteiger partial charge in [-0.25, -0.2) is 9.18 Å². The van der Waals surface area contributed by atoms with Crippen LogP contribution in [-0.2, 0) is 4.79 Å². The number of carbonyl (C=O) groups excluding carboxylic acids is 2. The van der Waals surface area contributed by atoms with Crippen LogP contribution < -0.4 is 4.90 Å². The summed E-state index contributed by atoms with van der Waals surface area (Å²) in [4.78, 5) is 31.3. The molecule has 0 fully saturated rings. The molecule has 0 N–H and O–H groups in total. The summed E-state index contributed by atoms with van der Waals surface area (Å²) in [7, 11) is 3.35. The smallest absolute Gasteiger partial charge is 0.320 e. The van der Waals surface area contributed by atoms with Gasteiger partial charge in [0.2, 0.25) is 5.91 Å². The number of benzene rings is 2. The first kappa shape index (κ1) is 21.6. The molecule has 2 aromatic carbocycles. The number of nitrogens with zero attached hydrogens (tertiary/aromatic N) is 4. The maximum atomic E-state index is 13.8. The molecule has 0 aliphatic carbocycles. The number of hydrogen-bond donors (Lipinski definition) is 0. The Labute approximate surface area is 187 Å². The molecule has 0 saturated carbocycles. The first-order valence-electron chi connectivity index (χ1n) is 10.6. The normalized spacial score (nSPS) is 14.7. The Hall–Kier alpha value is -3.61. The van der Waals surface area contributed by atoms with Crippen LogP contribution >= 0.6 is 0 Å². The van der Waals surface area contributed by atoms with Gasteiger partial charge >= 0.3 is 6.03 Å². The van der Waals surface area contributed by atoms with E-state index in [0.717, 1.165) is 22.6 Å². The largest absolute Gasteiger partial charge is 0.331 e. The fourth-order valence-electron chi connectivity index (χ4n) is 4.17. The number of fused-ring (bicyclic) bond motifs is 3. The third-order valence-corrected chi connectivity index (χ3v) is 5.73. The fourth-order valence-corrected chi connectivity index (χ4v) is 4.17. The highest BCUT2D eigenvalue weighted by Gasteiger charge is 2.37. The van der Waals surface area contributed by atoms with E-state index in [9.17, 15) is 14.0 Å². The number of anilines is 1. The lowest BCUT2D eigenvalue weighted by molar-refractivity contribution is -0.120. The molecule has 3 aromatic rings. The lowest BCUT2D eigenvalue weighted by atomic mass is 9.97. The van der Waals surface area contributed by atoms with Gasteiger partial charge in [0, 0.05) is 26.3 Å². The Balaban J connectivity index is 1.82. The van der Waals surface area contributed by atoms with Crippen LogP contribution in [0.25, 0.3) is 5.69 Å². The molecule has 166 valence electrons. The molecule has 0 spiro atoms. The monoisotopic (exact) mass is 434 g/mol. The summed E-state index contributed by atoms with van der Waals surface area (Å²) in [5.41, 5.74) is 3.33. The molecule has 0 radical (unpaired) electrons. The van der Waals surface area contributed by atoms with Crippen LogP contribution in [0.5, 0.6) is 0 Å². The second-order valence-corrected chi connectivity index (χ2v) is 8.41. The minimum atomic E-state index is -0.448. The predicted octanol–water partition coefficient (Wildman–Crippen LogP) is 4.44. The van der Waals surface area contributed by atoms with E-state index in [2.05, 4.69) is 4.57 Å². The predicted molar refractivity (Wildman–Crippen MR) is 122 cm³/mol. The second kappa shape index (κ2) is 8.49. The number of halogens is 1. The standard InChI is InChI=1S/C25H27FN4O2/c1-17(2)29(25(32)27(3)4)16-23(31)30-21-9-6-5-8-20(21)28-15-7-10-22(28)24(30)18-11-13-19(26)14-12-18/h5-15,17,24H,16H2,1-4H3. The SMILES string of the molecule is CC(C)N(CC(=O)N1c2ccccc2-n2cccc2C1c1ccc(F)cc1)C(=O)N(C)C. The lowest BCUT2D eigenvalue weighted by Crippen LogP contribution is -2.51. The summed E-state index contributed by atoms with van der Waals surface area (Å²) in [6, 6.07) is 17.0. The minimum absolute atomic E-state index is 0.0680. The molecule has 7 heteroatoms. The molecule has 1 aliphatic rings. The van der Waals surface area contributed by atoms with Gasteiger partial charge in [0.25, 0.3) is 0 Å². The highest BCUT2D eigenvalue weighted by Crippen LogP contribution is 2.42. The molecule has 32 heavy (non-hydrogen) atoms. The van der Waals surface area contributed by atoms with Gasteiger partial charge in [-0.2, -0.15) is 0 Å². The van der Waals surface area contributed by atoms with Gasteiger partial charge in [-0.1, -0.05) is 24.3 Å². The van der Waals surface area contributed by atoms with Crippen molar-refractivity contribution in [1.82, 2.24) is 14.4 Å². The van der Waals surface area contributed by atoms with Crippen LogP contribution in [0.4, 0.5) is 14.9 Å². The third kappa shape index (κ3) is 3.75. The van der Waals surface area contributed by atoms with Crippen LogP contribution in [0.2, 0.25) is 0 Å². The average molecular weight is 435 g/mol. The average Bonchev–Trinajstić information content (AvgIpc) is 3.26. The van der Waals surface area contributed by atoms with Gasteiger partial charge in [0.1, 0.15) is 18.4 Å². The lowest BCUT2D eigenvalue weighted by Gasteiger charge is -2.40. The van der Waals surface area contributed by atoms with Crippen molar-refractivity contribution in [2.75, 3.05) is 25.5 Å². The number of rotatable bonds is 4. The number of hydrogen-bond acceptors (Lipinski definition) is 2. The zero-order valence-electron chi connectivity index (χ0n) is 18.7. The summed E-state index contributed by atoms with van der Waals surface area (Å²) < 4.78 is 15.7. The Morgan fingerprint density at radius 3 is 2.25 bits per heavy atom. The van der Waals surface area contributed by atoms with Crippen molar-refractivity contribution < 1.29 is 14.0 Å². The Bertz CT molecular complexity index is 1140. The van der Waals surface area contributed by atoms with E-state index in [1.165, 1.54) is 17.0 Å². The zero-order valence-corrected chi connectivity index (χ0v) is 18.7. The number of aromatic nitrogens is 1. The van der Waals surface area contributed by atoms with Crippen molar-refractivity contribution in [3.8, 4) is 5.69 Å². The van der Waals surface area contributed by atoms with Gasteiger partial charge in [-0.3, -0.25) is 9.69 Å². The quantitative estimate of drug-likeness (QED) is 0.609. The van der Waals surface area contributed by atoms with Gasteiger partial charge in [0.15, 0.2) is 0 Å². The second-order valence-electron chi connectivity index (χ2n) is 8.41. The van der Waals surface area contributed by atoms with Crippen molar-refractivity contribution in [3.05, 3.63) is 83.9 Å². The Kier molecular flexibility index (Phi) is 5.74. The van der Waals surface area contributed by atoms with E-state index in [-0.39, 0.29) is 30.3 Å². The molecule has 1 unspecified atom stereocenters. The molecule has 3 amide bonds. The molecule has 4 rings (SSSR count). The van der Waals surface area contributed by atoms with Crippen LogP contribution in [-0.4, -0.2) is 53.0 Å². The molecule has 1 aliphatic heterocycles. The highest BCUT2D eigenvalue weighted by atomic mass is 19.1. The number of para-hydroxylation sites is 2. The van der Waals surface area contributed by atoms with Crippen molar-refractivity contribution in [1.29, 1.82) is 0 Å². The van der Waals surface area contributed by atoms with E-state index in [1.54, 1.807) is 36.0 Å². The van der Waals surface area contributed by atoms with E-state index in [0.29, 0.717) is 0 Å².